The second-order valence-electron chi connectivity index (χ2n) is 6.69. The van der Waals surface area contributed by atoms with Gasteiger partial charge < -0.3 is 20.2 Å². The van der Waals surface area contributed by atoms with Crippen LogP contribution in [0.1, 0.15) is 25.7 Å². The van der Waals surface area contributed by atoms with Crippen LogP contribution in [0.25, 0.3) is 16.9 Å². The van der Waals surface area contributed by atoms with Crippen LogP contribution in [-0.4, -0.2) is 27.9 Å². The van der Waals surface area contributed by atoms with Gasteiger partial charge in [-0.15, -0.1) is 0 Å². The molecule has 6 heteroatoms. The van der Waals surface area contributed by atoms with Crippen LogP contribution in [0.3, 0.4) is 0 Å². The molecule has 1 aliphatic rings. The average Bonchev–Trinajstić information content (AvgIpc) is 3.29. The third kappa shape index (κ3) is 3.49. The number of carbonyl (C=O) groups is 1. The number of rotatable bonds is 5. The topological polar surface area (TPSA) is 81.6 Å². The largest absolute Gasteiger partial charge is 0.480 e. The number of nitrogens with two attached hydrogens (primary N) is 1. The summed E-state index contributed by atoms with van der Waals surface area (Å²) < 4.78 is 7.64. The molecule has 3 aromatic rings. The maximum atomic E-state index is 12.1. The lowest BCUT2D eigenvalue weighted by atomic mass is 10.1. The summed E-state index contributed by atoms with van der Waals surface area (Å²) in [5.74, 6) is 0.505. The maximum absolute atomic E-state index is 12.1. The quantitative estimate of drug-likeness (QED) is 0.693. The molecule has 0 atom stereocenters. The first-order valence-electron chi connectivity index (χ1n) is 8.95. The SMILES string of the molecule is Nc1cccc(-c2cn3cccc(OCC(=O)NC4CCCC4)c3n2)c1. The number of ether oxygens (including phenoxy) is 1. The van der Waals surface area contributed by atoms with Crippen molar-refractivity contribution in [2.75, 3.05) is 12.3 Å². The molecule has 0 unspecified atom stereocenters. The van der Waals surface area contributed by atoms with Crippen LogP contribution in [0.2, 0.25) is 0 Å². The lowest BCUT2D eigenvalue weighted by Crippen LogP contribution is -2.36. The molecule has 1 aromatic carbocycles. The fourth-order valence-corrected chi connectivity index (χ4v) is 3.42. The number of nitrogens with zero attached hydrogens (tertiary/aromatic N) is 2. The van der Waals surface area contributed by atoms with Crippen LogP contribution in [0.15, 0.2) is 48.8 Å². The molecular formula is C20H22N4O2. The highest BCUT2D eigenvalue weighted by atomic mass is 16.5. The molecule has 2 heterocycles. The molecule has 3 N–H and O–H groups in total. The highest BCUT2D eigenvalue weighted by Gasteiger charge is 2.17. The minimum absolute atomic E-state index is 0.00332. The fraction of sp³-hybridized carbons (Fsp3) is 0.300. The number of hydrogen-bond acceptors (Lipinski definition) is 4. The highest BCUT2D eigenvalue weighted by molar-refractivity contribution is 5.78. The molecular weight excluding hydrogens is 328 g/mol. The first-order chi connectivity index (χ1) is 12.7. The van der Waals surface area contributed by atoms with Gasteiger partial charge in [-0.05, 0) is 37.1 Å². The van der Waals surface area contributed by atoms with Crippen LogP contribution in [-0.2, 0) is 4.79 Å². The van der Waals surface area contributed by atoms with Gasteiger partial charge in [-0.2, -0.15) is 0 Å². The molecule has 0 spiro atoms. The molecule has 0 radical (unpaired) electrons. The number of aromatic nitrogens is 2. The van der Waals surface area contributed by atoms with E-state index in [2.05, 4.69) is 10.3 Å². The summed E-state index contributed by atoms with van der Waals surface area (Å²) in [4.78, 5) is 16.8. The number of fused-ring (bicyclic) bond motifs is 1. The van der Waals surface area contributed by atoms with Gasteiger partial charge in [0.05, 0.1) is 5.69 Å². The second kappa shape index (κ2) is 7.07. The standard InChI is InChI=1S/C20H22N4O2/c21-15-6-3-5-14(11-15)17-12-24-10-4-9-18(20(24)23-17)26-13-19(25)22-16-7-1-2-8-16/h3-6,9-12,16H,1-2,7-8,13,21H2,(H,22,25). The Morgan fingerprint density at radius 2 is 2.12 bits per heavy atom. The fourth-order valence-electron chi connectivity index (χ4n) is 3.42. The molecule has 4 rings (SSSR count). The van der Waals surface area contributed by atoms with E-state index < -0.39 is 0 Å². The third-order valence-electron chi connectivity index (χ3n) is 4.71. The van der Waals surface area contributed by atoms with Gasteiger partial charge in [0.1, 0.15) is 0 Å². The molecule has 2 aromatic heterocycles. The molecule has 0 saturated heterocycles. The smallest absolute Gasteiger partial charge is 0.258 e. The van der Waals surface area contributed by atoms with E-state index >= 15 is 0 Å². The first-order valence-corrected chi connectivity index (χ1v) is 8.95. The van der Waals surface area contributed by atoms with Crippen molar-refractivity contribution < 1.29 is 9.53 Å². The summed E-state index contributed by atoms with van der Waals surface area (Å²) in [7, 11) is 0. The van der Waals surface area contributed by atoms with Crippen molar-refractivity contribution in [3.8, 4) is 17.0 Å². The Labute approximate surface area is 152 Å². The molecule has 0 bridgehead atoms. The van der Waals surface area contributed by atoms with Crippen LogP contribution < -0.4 is 15.8 Å². The van der Waals surface area contributed by atoms with Crippen molar-refractivity contribution in [1.82, 2.24) is 14.7 Å². The maximum Gasteiger partial charge on any atom is 0.258 e. The Kier molecular flexibility index (Phi) is 4.48. The Morgan fingerprint density at radius 1 is 1.27 bits per heavy atom. The van der Waals surface area contributed by atoms with E-state index in [0.29, 0.717) is 23.1 Å². The van der Waals surface area contributed by atoms with Gasteiger partial charge in [-0.25, -0.2) is 4.98 Å². The number of benzene rings is 1. The minimum atomic E-state index is -0.0819. The van der Waals surface area contributed by atoms with E-state index in [1.165, 1.54) is 12.8 Å². The van der Waals surface area contributed by atoms with Crippen LogP contribution >= 0.6 is 0 Å². The Morgan fingerprint density at radius 3 is 2.92 bits per heavy atom. The predicted molar refractivity (Wildman–Crippen MR) is 101 cm³/mol. The van der Waals surface area contributed by atoms with Gasteiger partial charge in [-0.3, -0.25) is 4.79 Å². The highest BCUT2D eigenvalue weighted by Crippen LogP contribution is 2.25. The van der Waals surface area contributed by atoms with E-state index in [9.17, 15) is 4.79 Å². The Hall–Kier alpha value is -3.02. The monoisotopic (exact) mass is 350 g/mol. The Balaban J connectivity index is 1.51. The van der Waals surface area contributed by atoms with Gasteiger partial charge in [0.2, 0.25) is 0 Å². The van der Waals surface area contributed by atoms with E-state index in [1.807, 2.05) is 53.2 Å². The van der Waals surface area contributed by atoms with E-state index in [1.54, 1.807) is 0 Å². The number of anilines is 1. The van der Waals surface area contributed by atoms with Gasteiger partial charge in [-0.1, -0.05) is 25.0 Å². The number of nitrogens with one attached hydrogen (secondary N) is 1. The number of nitrogen functional groups attached to an aromatic ring is 1. The van der Waals surface area contributed by atoms with Gasteiger partial charge in [0.15, 0.2) is 18.0 Å². The summed E-state index contributed by atoms with van der Waals surface area (Å²) >= 11 is 0. The Bertz CT molecular complexity index is 928. The molecule has 26 heavy (non-hydrogen) atoms. The predicted octanol–water partition coefficient (Wildman–Crippen LogP) is 3.02. The van der Waals surface area contributed by atoms with Crippen molar-refractivity contribution >= 4 is 17.2 Å². The van der Waals surface area contributed by atoms with Crippen molar-refractivity contribution in [2.24, 2.45) is 0 Å². The molecule has 1 amide bonds. The zero-order valence-electron chi connectivity index (χ0n) is 14.5. The summed E-state index contributed by atoms with van der Waals surface area (Å²) in [5.41, 5.74) is 8.99. The molecule has 6 nitrogen and oxygen atoms in total. The second-order valence-corrected chi connectivity index (χ2v) is 6.69. The zero-order valence-corrected chi connectivity index (χ0v) is 14.5. The number of pyridine rings is 1. The third-order valence-corrected chi connectivity index (χ3v) is 4.71. The summed E-state index contributed by atoms with van der Waals surface area (Å²) in [5, 5.41) is 3.03. The molecule has 1 saturated carbocycles. The van der Waals surface area contributed by atoms with Crippen molar-refractivity contribution in [3.63, 3.8) is 0 Å². The summed E-state index contributed by atoms with van der Waals surface area (Å²) in [6.07, 6.45) is 8.33. The van der Waals surface area contributed by atoms with Gasteiger partial charge in [0, 0.05) is 29.7 Å². The summed E-state index contributed by atoms with van der Waals surface area (Å²) in [6.45, 7) is -0.00332. The van der Waals surface area contributed by atoms with E-state index in [0.717, 1.165) is 24.1 Å². The van der Waals surface area contributed by atoms with Crippen LogP contribution in [0, 0.1) is 0 Å². The lowest BCUT2D eigenvalue weighted by molar-refractivity contribution is -0.123. The van der Waals surface area contributed by atoms with E-state index in [4.69, 9.17) is 10.5 Å². The average molecular weight is 350 g/mol. The number of imidazole rings is 1. The summed E-state index contributed by atoms with van der Waals surface area (Å²) in [6, 6.07) is 11.6. The van der Waals surface area contributed by atoms with Crippen molar-refractivity contribution in [1.29, 1.82) is 0 Å². The van der Waals surface area contributed by atoms with Gasteiger partial charge >= 0.3 is 0 Å². The molecule has 1 fully saturated rings. The molecule has 0 aliphatic heterocycles. The molecule has 1 aliphatic carbocycles. The normalized spacial score (nSPS) is 14.6. The van der Waals surface area contributed by atoms with E-state index in [-0.39, 0.29) is 12.5 Å². The molecule has 134 valence electrons. The first kappa shape index (κ1) is 16.4. The number of amides is 1. The van der Waals surface area contributed by atoms with Gasteiger partial charge in [0.25, 0.3) is 5.91 Å². The number of carbonyl (C=O) groups excluding carboxylic acids is 1. The van der Waals surface area contributed by atoms with Crippen molar-refractivity contribution in [2.45, 2.75) is 31.7 Å². The van der Waals surface area contributed by atoms with Crippen molar-refractivity contribution in [3.05, 3.63) is 48.8 Å². The lowest BCUT2D eigenvalue weighted by Gasteiger charge is -2.12. The van der Waals surface area contributed by atoms with Crippen LogP contribution in [0.4, 0.5) is 5.69 Å². The minimum Gasteiger partial charge on any atom is -0.480 e. The number of hydrogen-bond donors (Lipinski definition) is 2. The van der Waals surface area contributed by atoms with Crippen LogP contribution in [0.5, 0.6) is 5.75 Å². The zero-order chi connectivity index (χ0) is 17.9.